The van der Waals surface area contributed by atoms with Gasteiger partial charge in [-0.3, -0.25) is 0 Å². The van der Waals surface area contributed by atoms with Gasteiger partial charge in [0, 0.05) is 49.3 Å². The van der Waals surface area contributed by atoms with Gasteiger partial charge < -0.3 is 24.7 Å². The Bertz CT molecular complexity index is 1540. The fourth-order valence-corrected chi connectivity index (χ4v) is 6.18. The summed E-state index contributed by atoms with van der Waals surface area (Å²) in [5.74, 6) is 6.50. The first-order valence-electron chi connectivity index (χ1n) is 12.5. The van der Waals surface area contributed by atoms with Gasteiger partial charge in [-0.05, 0) is 43.5 Å². The highest BCUT2D eigenvalue weighted by molar-refractivity contribution is 7.90. The molecule has 2 aromatic heterocycles. The smallest absolute Gasteiger partial charge is 0.394 e. The van der Waals surface area contributed by atoms with E-state index < -0.39 is 22.4 Å². The third kappa shape index (κ3) is 5.85. The number of benzene rings is 1. The molecule has 0 saturated carbocycles. The number of likely N-dealkylation sites (N-methyl/N-ethyl adjacent to an activating group) is 1. The summed E-state index contributed by atoms with van der Waals surface area (Å²) in [7, 11) is 0.101. The summed E-state index contributed by atoms with van der Waals surface area (Å²) >= 11 is 0. The van der Waals surface area contributed by atoms with Crippen molar-refractivity contribution >= 4 is 21.2 Å². The van der Waals surface area contributed by atoms with E-state index in [-0.39, 0.29) is 28.9 Å². The zero-order chi connectivity index (χ0) is 27.9. The summed E-state index contributed by atoms with van der Waals surface area (Å²) < 4.78 is 71.1. The maximum Gasteiger partial charge on any atom is 0.394 e. The van der Waals surface area contributed by atoms with Crippen molar-refractivity contribution in [3.8, 4) is 17.6 Å². The van der Waals surface area contributed by atoms with Crippen molar-refractivity contribution < 1.29 is 26.3 Å². The lowest BCUT2D eigenvalue weighted by Gasteiger charge is -2.17. The number of hydrogen-bond donors (Lipinski definition) is 2. The Labute approximate surface area is 225 Å². The van der Waals surface area contributed by atoms with E-state index in [2.05, 4.69) is 39.4 Å². The van der Waals surface area contributed by atoms with Crippen LogP contribution in [-0.4, -0.2) is 75.0 Å². The lowest BCUT2D eigenvalue weighted by atomic mass is 9.99. The first kappa shape index (κ1) is 27.3. The molecule has 12 heteroatoms. The third-order valence-electron chi connectivity index (χ3n) is 7.27. The zero-order valence-corrected chi connectivity index (χ0v) is 22.7. The van der Waals surface area contributed by atoms with Crippen molar-refractivity contribution in [2.24, 2.45) is 5.92 Å². The van der Waals surface area contributed by atoms with Crippen LogP contribution >= 0.6 is 0 Å². The summed E-state index contributed by atoms with van der Waals surface area (Å²) in [6.07, 6.45) is -1.96. The fraction of sp³-hybridized carbons (Fsp3) is 0.444. The molecule has 3 aromatic rings. The van der Waals surface area contributed by atoms with Gasteiger partial charge in [-0.25, -0.2) is 13.4 Å². The van der Waals surface area contributed by atoms with E-state index in [1.807, 2.05) is 6.07 Å². The first-order valence-corrected chi connectivity index (χ1v) is 14.4. The van der Waals surface area contributed by atoms with Crippen LogP contribution in [0.1, 0.15) is 29.4 Å². The number of alkyl halides is 3. The maximum absolute atomic E-state index is 13.6. The first-order chi connectivity index (χ1) is 18.4. The number of ether oxygens (including phenoxy) is 1. The van der Waals surface area contributed by atoms with Crippen molar-refractivity contribution in [2.45, 2.75) is 36.0 Å². The number of sulfone groups is 1. The predicted octanol–water partition coefficient (Wildman–Crippen LogP) is 3.28. The van der Waals surface area contributed by atoms with Gasteiger partial charge in [0.25, 0.3) is 0 Å². The number of fused-ring (bicyclic) bond motifs is 2. The quantitative estimate of drug-likeness (QED) is 0.447. The van der Waals surface area contributed by atoms with E-state index in [0.717, 1.165) is 31.3 Å². The van der Waals surface area contributed by atoms with Crippen LogP contribution in [0.15, 0.2) is 41.4 Å². The van der Waals surface area contributed by atoms with Gasteiger partial charge >= 0.3 is 6.18 Å². The maximum atomic E-state index is 13.6. The lowest BCUT2D eigenvalue weighted by molar-refractivity contribution is -0.128. The van der Waals surface area contributed by atoms with Crippen LogP contribution in [-0.2, 0) is 16.3 Å². The molecule has 0 unspecified atom stereocenters. The van der Waals surface area contributed by atoms with Crippen LogP contribution in [0.4, 0.5) is 18.9 Å². The molecule has 208 valence electrons. The molecule has 1 aromatic carbocycles. The Morgan fingerprint density at radius 1 is 1.26 bits per heavy atom. The minimum absolute atomic E-state index is 0.000129. The van der Waals surface area contributed by atoms with Gasteiger partial charge in [-0.1, -0.05) is 12.0 Å². The summed E-state index contributed by atoms with van der Waals surface area (Å²) in [6.45, 7) is 2.03. The van der Waals surface area contributed by atoms with Crippen LogP contribution in [0.5, 0.6) is 5.75 Å². The number of pyridine rings is 1. The Morgan fingerprint density at radius 2 is 2.05 bits per heavy atom. The Morgan fingerprint density at radius 3 is 2.74 bits per heavy atom. The largest absolute Gasteiger partial charge is 0.495 e. The number of aromatic nitrogens is 2. The van der Waals surface area contributed by atoms with Crippen LogP contribution in [0.3, 0.4) is 0 Å². The fourth-order valence-electron chi connectivity index (χ4n) is 5.54. The van der Waals surface area contributed by atoms with Crippen LogP contribution in [0, 0.1) is 17.8 Å². The van der Waals surface area contributed by atoms with E-state index in [1.165, 1.54) is 23.6 Å². The molecule has 0 spiro atoms. The van der Waals surface area contributed by atoms with Gasteiger partial charge in [0.05, 0.1) is 36.4 Å². The standard InChI is InChI=1S/C27H30F3N5O3S/c1-34-15-17-12-22(32-23(17)16-34)19-6-5-11-35-24(14-27(28,29)30)20(33-26(19)35)7-4-10-31-21-9-8-18(39(3,36)37)13-25(21)38-2/h5-6,8-9,11,13,17,22-23,31-32H,10,12,14-16H2,1-3H3/t17-,22-,23+/m1/s1. The van der Waals surface area contributed by atoms with E-state index >= 15 is 0 Å². The molecule has 4 heterocycles. The second-order valence-corrected chi connectivity index (χ2v) is 12.2. The normalized spacial score (nSPS) is 21.5. The highest BCUT2D eigenvalue weighted by Gasteiger charge is 2.40. The summed E-state index contributed by atoms with van der Waals surface area (Å²) in [4.78, 5) is 6.98. The molecule has 0 amide bonds. The second kappa shape index (κ2) is 10.4. The van der Waals surface area contributed by atoms with Crippen molar-refractivity contribution in [3.63, 3.8) is 0 Å². The molecule has 2 fully saturated rings. The molecule has 8 nitrogen and oxygen atoms in total. The summed E-state index contributed by atoms with van der Waals surface area (Å²) in [6, 6.07) is 8.47. The lowest BCUT2D eigenvalue weighted by Crippen LogP contribution is -2.30. The van der Waals surface area contributed by atoms with E-state index in [0.29, 0.717) is 29.0 Å². The minimum atomic E-state index is -4.43. The number of hydrogen-bond acceptors (Lipinski definition) is 7. The molecule has 2 N–H and O–H groups in total. The molecule has 2 saturated heterocycles. The summed E-state index contributed by atoms with van der Waals surface area (Å²) in [5.41, 5.74) is 1.95. The number of nitrogens with zero attached hydrogens (tertiary/aromatic N) is 3. The van der Waals surface area contributed by atoms with Gasteiger partial charge in [0.1, 0.15) is 17.1 Å². The number of likely N-dealkylation sites (tertiary alicyclic amines) is 1. The highest BCUT2D eigenvalue weighted by Crippen LogP contribution is 2.37. The molecule has 0 aliphatic carbocycles. The molecule has 0 bridgehead atoms. The van der Waals surface area contributed by atoms with Gasteiger partial charge in [-0.2, -0.15) is 13.2 Å². The Hall–Kier alpha value is -3.27. The number of rotatable bonds is 6. The summed E-state index contributed by atoms with van der Waals surface area (Å²) in [5, 5.41) is 6.68. The minimum Gasteiger partial charge on any atom is -0.495 e. The number of methoxy groups -OCH3 is 1. The highest BCUT2D eigenvalue weighted by atomic mass is 32.2. The molecular weight excluding hydrogens is 531 g/mol. The topological polar surface area (TPSA) is 88.0 Å². The molecule has 3 atom stereocenters. The van der Waals surface area contributed by atoms with Crippen molar-refractivity contribution in [3.05, 3.63) is 53.5 Å². The van der Waals surface area contributed by atoms with Crippen LogP contribution in [0.2, 0.25) is 0 Å². The Kier molecular flexibility index (Phi) is 7.26. The van der Waals surface area contributed by atoms with Crippen molar-refractivity contribution in [1.29, 1.82) is 0 Å². The molecule has 0 radical (unpaired) electrons. The molecule has 2 aliphatic rings. The monoisotopic (exact) mass is 561 g/mol. The average molecular weight is 562 g/mol. The molecule has 5 rings (SSSR count). The van der Waals surface area contributed by atoms with Crippen LogP contribution in [0.25, 0.3) is 5.65 Å². The number of halogens is 3. The third-order valence-corrected chi connectivity index (χ3v) is 8.39. The zero-order valence-electron chi connectivity index (χ0n) is 21.8. The van der Waals surface area contributed by atoms with Gasteiger partial charge in [0.15, 0.2) is 9.84 Å². The average Bonchev–Trinajstić information content (AvgIpc) is 3.51. The SMILES string of the molecule is COc1cc(S(C)(=O)=O)ccc1NCC#Cc1nc2c([C@H]3C[C@@H]4CN(C)C[C@@H]4N3)cccn2c1CC(F)(F)F. The second-order valence-electron chi connectivity index (χ2n) is 10.2. The van der Waals surface area contributed by atoms with E-state index in [1.54, 1.807) is 18.3 Å². The molecule has 39 heavy (non-hydrogen) atoms. The van der Waals surface area contributed by atoms with Crippen LogP contribution < -0.4 is 15.4 Å². The molecular formula is C27H30F3N5O3S. The molecule has 2 aliphatic heterocycles. The van der Waals surface area contributed by atoms with E-state index in [4.69, 9.17) is 4.74 Å². The predicted molar refractivity (Wildman–Crippen MR) is 142 cm³/mol. The number of imidazole rings is 1. The van der Waals surface area contributed by atoms with Crippen molar-refractivity contribution in [2.75, 3.05) is 45.4 Å². The van der Waals surface area contributed by atoms with E-state index in [9.17, 15) is 21.6 Å². The number of nitrogens with one attached hydrogen (secondary N) is 2. The number of anilines is 1. The van der Waals surface area contributed by atoms with Gasteiger partial charge in [0.2, 0.25) is 0 Å². The van der Waals surface area contributed by atoms with Crippen molar-refractivity contribution in [1.82, 2.24) is 19.6 Å². The van der Waals surface area contributed by atoms with Gasteiger partial charge in [-0.15, -0.1) is 0 Å². The Balaban J connectivity index is 1.42.